The molecule has 146 valence electrons. The SMILES string of the molecule is CC(=O)Nc1cccc(C(=O)O[C@H](C(=O)c2ccc(C)cc2)c2ccccc2)c1. The molecule has 5 heteroatoms. The minimum Gasteiger partial charge on any atom is -0.445 e. The number of esters is 1. The number of aryl methyl sites for hydroxylation is 1. The van der Waals surface area contributed by atoms with Crippen molar-refractivity contribution < 1.29 is 19.1 Å². The van der Waals surface area contributed by atoms with Crippen LogP contribution in [0.3, 0.4) is 0 Å². The summed E-state index contributed by atoms with van der Waals surface area (Å²) in [4.78, 5) is 37.1. The van der Waals surface area contributed by atoms with Crippen molar-refractivity contribution in [3.05, 3.63) is 101 Å². The van der Waals surface area contributed by atoms with E-state index >= 15 is 0 Å². The van der Waals surface area contributed by atoms with Crippen LogP contribution < -0.4 is 5.32 Å². The maximum Gasteiger partial charge on any atom is 0.339 e. The zero-order valence-electron chi connectivity index (χ0n) is 16.2. The van der Waals surface area contributed by atoms with Crippen molar-refractivity contribution in [2.24, 2.45) is 0 Å². The van der Waals surface area contributed by atoms with E-state index in [-0.39, 0.29) is 17.3 Å². The standard InChI is InChI=1S/C24H21NO4/c1-16-11-13-18(14-12-16)22(27)23(19-7-4-3-5-8-19)29-24(28)20-9-6-10-21(15-20)25-17(2)26/h3-15,23H,1-2H3,(H,25,26)/t23-/m0/s1. The molecule has 0 spiro atoms. The number of ether oxygens (including phenoxy) is 1. The van der Waals surface area contributed by atoms with Gasteiger partial charge in [-0.25, -0.2) is 4.79 Å². The molecule has 0 heterocycles. The number of Topliss-reactive ketones (excluding diaryl/α,β-unsaturated/α-hetero) is 1. The van der Waals surface area contributed by atoms with E-state index in [4.69, 9.17) is 4.74 Å². The highest BCUT2D eigenvalue weighted by Gasteiger charge is 2.26. The molecule has 0 bridgehead atoms. The first-order valence-corrected chi connectivity index (χ1v) is 9.18. The Labute approximate surface area is 169 Å². The predicted molar refractivity (Wildman–Crippen MR) is 111 cm³/mol. The maximum atomic E-state index is 13.1. The molecule has 0 unspecified atom stereocenters. The molecule has 3 aromatic rings. The predicted octanol–water partition coefficient (Wildman–Crippen LogP) is 4.73. The number of hydrogen-bond donors (Lipinski definition) is 1. The Balaban J connectivity index is 1.89. The molecule has 29 heavy (non-hydrogen) atoms. The van der Waals surface area contributed by atoms with Gasteiger partial charge in [0.1, 0.15) is 0 Å². The normalized spacial score (nSPS) is 11.4. The lowest BCUT2D eigenvalue weighted by molar-refractivity contribution is -0.114. The maximum absolute atomic E-state index is 13.1. The van der Waals surface area contributed by atoms with Crippen LogP contribution in [-0.4, -0.2) is 17.7 Å². The highest BCUT2D eigenvalue weighted by Crippen LogP contribution is 2.25. The lowest BCUT2D eigenvalue weighted by atomic mass is 9.99. The smallest absolute Gasteiger partial charge is 0.339 e. The topological polar surface area (TPSA) is 72.5 Å². The summed E-state index contributed by atoms with van der Waals surface area (Å²) in [5, 5.41) is 2.63. The van der Waals surface area contributed by atoms with Gasteiger partial charge >= 0.3 is 5.97 Å². The molecule has 0 aliphatic carbocycles. The van der Waals surface area contributed by atoms with Crippen molar-refractivity contribution in [2.75, 3.05) is 5.32 Å². The third-order valence-corrected chi connectivity index (χ3v) is 4.32. The average molecular weight is 387 g/mol. The third-order valence-electron chi connectivity index (χ3n) is 4.32. The minimum absolute atomic E-state index is 0.243. The molecule has 0 aromatic heterocycles. The average Bonchev–Trinajstić information content (AvgIpc) is 2.72. The van der Waals surface area contributed by atoms with Gasteiger partial charge in [-0.3, -0.25) is 9.59 Å². The van der Waals surface area contributed by atoms with E-state index in [9.17, 15) is 14.4 Å². The number of ketones is 1. The number of benzene rings is 3. The number of hydrogen-bond acceptors (Lipinski definition) is 4. The van der Waals surface area contributed by atoms with Gasteiger partial charge in [0.05, 0.1) is 5.56 Å². The number of carbonyl (C=O) groups excluding carboxylic acids is 3. The molecule has 3 aromatic carbocycles. The van der Waals surface area contributed by atoms with Crippen LogP contribution in [0, 0.1) is 6.92 Å². The summed E-state index contributed by atoms with van der Waals surface area (Å²) in [5.74, 6) is -1.19. The lowest BCUT2D eigenvalue weighted by Gasteiger charge is -2.18. The van der Waals surface area contributed by atoms with E-state index in [1.165, 1.54) is 13.0 Å². The lowest BCUT2D eigenvalue weighted by Crippen LogP contribution is -2.20. The van der Waals surface area contributed by atoms with Crippen LogP contribution in [0.25, 0.3) is 0 Å². The van der Waals surface area contributed by atoms with Gasteiger partial charge in [0.15, 0.2) is 6.10 Å². The van der Waals surface area contributed by atoms with Gasteiger partial charge in [-0.2, -0.15) is 0 Å². The fourth-order valence-corrected chi connectivity index (χ4v) is 2.87. The van der Waals surface area contributed by atoms with E-state index in [0.29, 0.717) is 16.8 Å². The van der Waals surface area contributed by atoms with Gasteiger partial charge in [-0.05, 0) is 25.1 Å². The van der Waals surface area contributed by atoms with E-state index in [1.807, 2.05) is 25.1 Å². The highest BCUT2D eigenvalue weighted by atomic mass is 16.5. The van der Waals surface area contributed by atoms with Gasteiger partial charge in [0.2, 0.25) is 11.7 Å². The molecular weight excluding hydrogens is 366 g/mol. The number of anilines is 1. The summed E-state index contributed by atoms with van der Waals surface area (Å²) >= 11 is 0. The largest absolute Gasteiger partial charge is 0.445 e. The Morgan fingerprint density at radius 1 is 0.828 bits per heavy atom. The molecule has 0 aliphatic heterocycles. The second kappa shape index (κ2) is 8.97. The molecule has 0 aliphatic rings. The van der Waals surface area contributed by atoms with Gasteiger partial charge in [-0.15, -0.1) is 0 Å². The van der Waals surface area contributed by atoms with Crippen LogP contribution in [0.5, 0.6) is 0 Å². The first-order valence-electron chi connectivity index (χ1n) is 9.18. The van der Waals surface area contributed by atoms with Crippen LogP contribution in [0.1, 0.15) is 44.9 Å². The van der Waals surface area contributed by atoms with E-state index in [0.717, 1.165) is 5.56 Å². The van der Waals surface area contributed by atoms with Crippen LogP contribution in [0.2, 0.25) is 0 Å². The summed E-state index contributed by atoms with van der Waals surface area (Å²) in [6.45, 7) is 3.32. The van der Waals surface area contributed by atoms with Crippen molar-refractivity contribution in [1.29, 1.82) is 0 Å². The number of amides is 1. The first-order chi connectivity index (χ1) is 13.9. The molecule has 3 rings (SSSR count). The summed E-state index contributed by atoms with van der Waals surface area (Å²) in [5.41, 5.74) is 2.81. The number of nitrogens with one attached hydrogen (secondary N) is 1. The number of carbonyl (C=O) groups is 3. The molecule has 5 nitrogen and oxygen atoms in total. The van der Waals surface area contributed by atoms with Gasteiger partial charge in [-0.1, -0.05) is 66.2 Å². The van der Waals surface area contributed by atoms with Crippen LogP contribution >= 0.6 is 0 Å². The quantitative estimate of drug-likeness (QED) is 0.490. The van der Waals surface area contributed by atoms with Crippen molar-refractivity contribution >= 4 is 23.3 Å². The monoisotopic (exact) mass is 387 g/mol. The van der Waals surface area contributed by atoms with Gasteiger partial charge in [0, 0.05) is 23.7 Å². The highest BCUT2D eigenvalue weighted by molar-refractivity contribution is 6.02. The van der Waals surface area contributed by atoms with Crippen molar-refractivity contribution in [3.8, 4) is 0 Å². The molecule has 1 atom stereocenters. The Hall–Kier alpha value is -3.73. The van der Waals surface area contributed by atoms with E-state index in [1.54, 1.807) is 54.6 Å². The summed E-state index contributed by atoms with van der Waals surface area (Å²) in [6, 6.07) is 22.4. The summed E-state index contributed by atoms with van der Waals surface area (Å²) < 4.78 is 5.63. The minimum atomic E-state index is -1.07. The fraction of sp³-hybridized carbons (Fsp3) is 0.125. The zero-order valence-corrected chi connectivity index (χ0v) is 16.2. The molecule has 0 fully saturated rings. The van der Waals surface area contributed by atoms with Crippen LogP contribution in [0.15, 0.2) is 78.9 Å². The van der Waals surface area contributed by atoms with Crippen LogP contribution in [0.4, 0.5) is 5.69 Å². The second-order valence-corrected chi connectivity index (χ2v) is 6.69. The fourth-order valence-electron chi connectivity index (χ4n) is 2.87. The molecule has 0 saturated heterocycles. The van der Waals surface area contributed by atoms with Crippen molar-refractivity contribution in [1.82, 2.24) is 0 Å². The van der Waals surface area contributed by atoms with Gasteiger partial charge in [0.25, 0.3) is 0 Å². The third kappa shape index (κ3) is 5.17. The van der Waals surface area contributed by atoms with E-state index < -0.39 is 12.1 Å². The van der Waals surface area contributed by atoms with Crippen molar-refractivity contribution in [2.45, 2.75) is 20.0 Å². The Bertz CT molecular complexity index is 1030. The summed E-state index contributed by atoms with van der Waals surface area (Å²) in [6.07, 6.45) is -1.07. The van der Waals surface area contributed by atoms with Crippen molar-refractivity contribution in [3.63, 3.8) is 0 Å². The number of rotatable bonds is 6. The Kier molecular flexibility index (Phi) is 6.19. The van der Waals surface area contributed by atoms with E-state index in [2.05, 4.69) is 5.32 Å². The molecular formula is C24H21NO4. The zero-order chi connectivity index (χ0) is 20.8. The van der Waals surface area contributed by atoms with Gasteiger partial charge < -0.3 is 10.1 Å². The molecule has 0 radical (unpaired) electrons. The second-order valence-electron chi connectivity index (χ2n) is 6.69. The summed E-state index contributed by atoms with van der Waals surface area (Å²) in [7, 11) is 0. The molecule has 1 amide bonds. The molecule has 1 N–H and O–H groups in total. The molecule has 0 saturated carbocycles. The Morgan fingerprint density at radius 2 is 1.52 bits per heavy atom. The van der Waals surface area contributed by atoms with Crippen LogP contribution in [-0.2, 0) is 9.53 Å². The first kappa shape index (κ1) is 20.0. The Morgan fingerprint density at radius 3 is 2.17 bits per heavy atom.